The van der Waals surface area contributed by atoms with E-state index in [2.05, 4.69) is 21.3 Å². The molecule has 0 aromatic heterocycles. The second kappa shape index (κ2) is 28.9. The van der Waals surface area contributed by atoms with Gasteiger partial charge < -0.3 is 55.3 Å². The lowest BCUT2D eigenvalue weighted by Gasteiger charge is -2.36. The minimum Gasteiger partial charge on any atom is -0.497 e. The summed E-state index contributed by atoms with van der Waals surface area (Å²) < 4.78 is 17.3. The zero-order valence-electron chi connectivity index (χ0n) is 47.4. The highest BCUT2D eigenvalue weighted by Crippen LogP contribution is 2.26. The maximum Gasteiger partial charge on any atom is 0.329 e. The number of aliphatic hydroxyl groups is 1. The smallest absolute Gasteiger partial charge is 0.329 e. The van der Waals surface area contributed by atoms with E-state index >= 15 is 0 Å². The molecule has 5 N–H and O–H groups in total. The number of esters is 2. The molecule has 0 spiro atoms. The number of fused-ring (bicyclic) bond motifs is 1. The summed E-state index contributed by atoms with van der Waals surface area (Å²) in [4.78, 5) is 133. The van der Waals surface area contributed by atoms with Crippen LogP contribution in [0.25, 0.3) is 0 Å². The monoisotopic (exact) mass is 1060 g/mol. The number of nitrogens with one attached hydrogen (secondary N) is 4. The molecule has 7 amide bonds. The lowest BCUT2D eigenvalue weighted by Crippen LogP contribution is -2.62. The van der Waals surface area contributed by atoms with Crippen molar-refractivity contribution in [3.63, 3.8) is 0 Å². The number of methoxy groups -OCH3 is 1. The fraction of sp³-hybridized carbons (Fsp3) is 0.727. The fourth-order valence-electron chi connectivity index (χ4n) is 9.36. The van der Waals surface area contributed by atoms with Crippen LogP contribution in [0, 0.1) is 35.5 Å². The molecule has 1 aromatic carbocycles. The third-order valence-electron chi connectivity index (χ3n) is 14.2. The zero-order chi connectivity index (χ0) is 56.8. The van der Waals surface area contributed by atoms with Crippen LogP contribution in [-0.2, 0) is 59.0 Å². The molecule has 3 rings (SSSR count). The molecule has 2 saturated heterocycles. The number of likely N-dealkylation sites (N-methyl/N-ethyl adjacent to an activating group) is 2. The molecule has 2 aliphatic heterocycles. The molecule has 2 heterocycles. The average Bonchev–Trinajstić information content (AvgIpc) is 3.84. The van der Waals surface area contributed by atoms with E-state index in [1.165, 1.54) is 42.8 Å². The van der Waals surface area contributed by atoms with Crippen LogP contribution in [0.2, 0.25) is 0 Å². The Hall–Kier alpha value is -5.79. The van der Waals surface area contributed by atoms with Gasteiger partial charge in [-0.05, 0) is 79.9 Å². The highest BCUT2D eigenvalue weighted by Gasteiger charge is 2.45. The van der Waals surface area contributed by atoms with E-state index in [1.54, 1.807) is 72.7 Å². The number of hydrogen-bond donors (Lipinski definition) is 5. The SMILES string of the molecule is CC[C@H](C)[C@H]1NC(=O)[C@@H](NC(=O)[C@@H](CC(C)C)N(C)C(=O)[C@@H](NC(=O)C(C)C)C(C)C)[C@@H](C)OC(=O)[C@H](Cc2ccc(OC)cc2)N(C)C(=O)[C@@H]2CCCN2C(=O)[C@H](CC(C)C)NC(=O)[C@H](C(C)C)OC(=O)C[C@@H]1O. The standard InChI is InChI=1S/C55H89N7O13/c1-17-34(12)45-42(63)28-43(64)75-47(32(8)9)51(68)56-38(25-29(2)3)52(69)62-24-18-19-39(62)53(70)61(15)41(27-36-20-22-37(73-16)23-21-36)55(72)74-35(13)46(50(67)58-45)59-49(66)40(26-30(4)5)60(14)54(71)44(31(6)7)57-48(65)33(10)11/h20-23,29-35,38-42,44-47,63H,17-19,24-28H2,1-16H3,(H,56,68)(H,57,65)(H,58,67)(H,59,66)/t34-,35+,38-,39-,40+,41-,42-,44-,45+,46-,47-/m0/s1. The summed E-state index contributed by atoms with van der Waals surface area (Å²) in [6, 6.07) is -1.79. The number of benzene rings is 1. The van der Waals surface area contributed by atoms with Crippen LogP contribution >= 0.6 is 0 Å². The van der Waals surface area contributed by atoms with Crippen molar-refractivity contribution in [2.75, 3.05) is 27.7 Å². The van der Waals surface area contributed by atoms with E-state index in [1.807, 2.05) is 34.6 Å². The molecule has 0 unspecified atom stereocenters. The van der Waals surface area contributed by atoms with Gasteiger partial charge in [0.2, 0.25) is 35.4 Å². The second-order valence-corrected chi connectivity index (χ2v) is 22.4. The van der Waals surface area contributed by atoms with Crippen molar-refractivity contribution in [3.05, 3.63) is 29.8 Å². The minimum atomic E-state index is -1.71. The van der Waals surface area contributed by atoms with Crippen molar-refractivity contribution in [1.29, 1.82) is 0 Å². The van der Waals surface area contributed by atoms with Crippen LogP contribution in [0.3, 0.4) is 0 Å². The van der Waals surface area contributed by atoms with E-state index in [4.69, 9.17) is 14.2 Å². The van der Waals surface area contributed by atoms with Gasteiger partial charge >= 0.3 is 11.9 Å². The van der Waals surface area contributed by atoms with Gasteiger partial charge in [0.25, 0.3) is 5.91 Å². The van der Waals surface area contributed by atoms with E-state index in [-0.39, 0.29) is 55.9 Å². The number of ether oxygens (including phenoxy) is 3. The van der Waals surface area contributed by atoms with Gasteiger partial charge in [-0.1, -0.05) is 102 Å². The summed E-state index contributed by atoms with van der Waals surface area (Å²) in [5, 5.41) is 23.0. The van der Waals surface area contributed by atoms with Gasteiger partial charge in [0.1, 0.15) is 48.1 Å². The Morgan fingerprint density at radius 1 is 0.867 bits per heavy atom. The van der Waals surface area contributed by atoms with E-state index in [9.17, 15) is 48.3 Å². The van der Waals surface area contributed by atoms with E-state index in [0.29, 0.717) is 24.2 Å². The number of rotatable bonds is 17. The van der Waals surface area contributed by atoms with Crippen LogP contribution < -0.4 is 26.0 Å². The first-order valence-corrected chi connectivity index (χ1v) is 26.8. The van der Waals surface area contributed by atoms with Crippen molar-refractivity contribution in [2.45, 2.75) is 196 Å². The normalized spacial score (nSPS) is 25.2. The number of hydrogen-bond acceptors (Lipinski definition) is 13. The Morgan fingerprint density at radius 2 is 1.49 bits per heavy atom. The Balaban J connectivity index is 2.28. The second-order valence-electron chi connectivity index (χ2n) is 22.4. The first-order chi connectivity index (χ1) is 35.0. The van der Waals surface area contributed by atoms with Crippen LogP contribution in [0.4, 0.5) is 0 Å². The molecule has 20 heteroatoms. The average molecular weight is 1060 g/mol. The molecule has 2 aliphatic rings. The summed E-state index contributed by atoms with van der Waals surface area (Å²) in [6.07, 6.45) is -3.87. The maximum absolute atomic E-state index is 14.9. The lowest BCUT2D eigenvalue weighted by atomic mass is 9.92. The first kappa shape index (κ1) is 63.5. The highest BCUT2D eigenvalue weighted by molar-refractivity contribution is 5.96. The maximum atomic E-state index is 14.9. The quantitative estimate of drug-likeness (QED) is 0.140. The summed E-state index contributed by atoms with van der Waals surface area (Å²) in [6.45, 7) is 22.8. The molecule has 0 aliphatic carbocycles. The molecule has 0 radical (unpaired) electrons. The Kier molecular flexibility index (Phi) is 24.5. The van der Waals surface area contributed by atoms with Gasteiger partial charge in [-0.2, -0.15) is 0 Å². The zero-order valence-corrected chi connectivity index (χ0v) is 47.4. The predicted octanol–water partition coefficient (Wildman–Crippen LogP) is 3.54. The molecule has 1 aromatic rings. The summed E-state index contributed by atoms with van der Waals surface area (Å²) in [5.74, 6) is -8.02. The molecule has 75 heavy (non-hydrogen) atoms. The molecule has 2 fully saturated rings. The Morgan fingerprint density at radius 3 is 2.03 bits per heavy atom. The van der Waals surface area contributed by atoms with Gasteiger partial charge in [-0.3, -0.25) is 38.4 Å². The van der Waals surface area contributed by atoms with Gasteiger partial charge in [-0.15, -0.1) is 0 Å². The molecule has 0 saturated carbocycles. The number of amides is 7. The molecule has 11 atom stereocenters. The largest absolute Gasteiger partial charge is 0.497 e. The highest BCUT2D eigenvalue weighted by atomic mass is 16.6. The van der Waals surface area contributed by atoms with Gasteiger partial charge in [0, 0.05) is 33.0 Å². The van der Waals surface area contributed by atoms with Crippen molar-refractivity contribution in [1.82, 2.24) is 36.0 Å². The number of nitrogens with zero attached hydrogens (tertiary/aromatic N) is 3. The van der Waals surface area contributed by atoms with Gasteiger partial charge in [0.15, 0.2) is 6.10 Å². The van der Waals surface area contributed by atoms with Crippen molar-refractivity contribution < 1.29 is 62.5 Å². The van der Waals surface area contributed by atoms with Crippen molar-refractivity contribution in [2.24, 2.45) is 35.5 Å². The summed E-state index contributed by atoms with van der Waals surface area (Å²) in [5.41, 5.74) is 0.604. The Labute approximate surface area is 444 Å². The molecular weight excluding hydrogens is 967 g/mol. The molecule has 20 nitrogen and oxygen atoms in total. The molecule has 422 valence electrons. The first-order valence-electron chi connectivity index (χ1n) is 26.8. The lowest BCUT2D eigenvalue weighted by molar-refractivity contribution is -0.162. The van der Waals surface area contributed by atoms with Crippen LogP contribution in [0.15, 0.2) is 24.3 Å². The number of carbonyl (C=O) groups excluding carboxylic acids is 9. The van der Waals surface area contributed by atoms with Crippen molar-refractivity contribution in [3.8, 4) is 5.75 Å². The summed E-state index contributed by atoms with van der Waals surface area (Å²) in [7, 11) is 4.37. The van der Waals surface area contributed by atoms with Crippen LogP contribution in [0.1, 0.15) is 134 Å². The van der Waals surface area contributed by atoms with E-state index < -0.39 is 132 Å². The number of aliphatic hydroxyl groups excluding tert-OH is 1. The summed E-state index contributed by atoms with van der Waals surface area (Å²) >= 11 is 0. The third kappa shape index (κ3) is 17.6. The predicted molar refractivity (Wildman–Crippen MR) is 281 cm³/mol. The van der Waals surface area contributed by atoms with Crippen molar-refractivity contribution >= 4 is 53.3 Å². The molecule has 0 bridgehead atoms. The third-order valence-corrected chi connectivity index (χ3v) is 14.2. The fourth-order valence-corrected chi connectivity index (χ4v) is 9.36. The number of carbonyl (C=O) groups is 9. The molecular formula is C55H89N7O13. The van der Waals surface area contributed by atoms with Gasteiger partial charge in [-0.25, -0.2) is 4.79 Å². The topological polar surface area (TPSA) is 259 Å². The minimum absolute atomic E-state index is 0.0889. The van der Waals surface area contributed by atoms with Crippen LogP contribution in [0.5, 0.6) is 5.75 Å². The Bertz CT molecular complexity index is 2130. The van der Waals surface area contributed by atoms with Crippen LogP contribution in [-0.4, -0.2) is 161 Å². The van der Waals surface area contributed by atoms with Gasteiger partial charge in [0.05, 0.1) is 25.7 Å². The number of cyclic esters (lactones) is 2. The van der Waals surface area contributed by atoms with E-state index in [0.717, 1.165) is 0 Å².